The number of nitrogens with zero attached hydrogens (tertiary/aromatic N) is 1. The fourth-order valence-electron chi connectivity index (χ4n) is 2.72. The van der Waals surface area contributed by atoms with Gasteiger partial charge in [0.1, 0.15) is 5.54 Å². The maximum absolute atomic E-state index is 12.0. The Kier molecular flexibility index (Phi) is 5.15. The van der Waals surface area contributed by atoms with Gasteiger partial charge >= 0.3 is 11.7 Å². The molecule has 1 saturated carbocycles. The number of rotatable bonds is 6. The molecule has 0 unspecified atom stereocenters. The molecule has 0 bridgehead atoms. The molecular formula is C15H18N2O6. The highest BCUT2D eigenvalue weighted by Crippen LogP contribution is 2.29. The molecule has 124 valence electrons. The van der Waals surface area contributed by atoms with E-state index in [4.69, 9.17) is 4.74 Å². The van der Waals surface area contributed by atoms with Crippen LogP contribution in [0.4, 0.5) is 5.69 Å². The predicted octanol–water partition coefficient (Wildman–Crippen LogP) is 1.88. The molecule has 1 aromatic carbocycles. The van der Waals surface area contributed by atoms with Gasteiger partial charge in [-0.1, -0.05) is 31.4 Å². The van der Waals surface area contributed by atoms with Crippen LogP contribution in [0.1, 0.15) is 32.1 Å². The molecule has 1 aromatic rings. The first-order valence-electron chi connectivity index (χ1n) is 7.35. The second-order valence-corrected chi connectivity index (χ2v) is 5.51. The number of para-hydroxylation sites is 2. The molecule has 0 heterocycles. The molecule has 1 amide bonds. The molecule has 23 heavy (non-hydrogen) atoms. The van der Waals surface area contributed by atoms with Gasteiger partial charge in [-0.3, -0.25) is 14.9 Å². The predicted molar refractivity (Wildman–Crippen MR) is 80.2 cm³/mol. The van der Waals surface area contributed by atoms with E-state index in [1.54, 1.807) is 6.07 Å². The SMILES string of the molecule is O=C(COc1ccccc1[N+](=O)[O-])NC1(C(=O)O)CCCCC1. The Morgan fingerprint density at radius 3 is 2.52 bits per heavy atom. The Bertz CT molecular complexity index is 610. The van der Waals surface area contributed by atoms with Crippen LogP contribution in [0.2, 0.25) is 0 Å². The summed E-state index contributed by atoms with van der Waals surface area (Å²) in [5.74, 6) is -1.69. The molecule has 1 fully saturated rings. The van der Waals surface area contributed by atoms with Crippen LogP contribution < -0.4 is 10.1 Å². The average molecular weight is 322 g/mol. The molecule has 8 heteroatoms. The minimum atomic E-state index is -1.26. The van der Waals surface area contributed by atoms with E-state index in [1.165, 1.54) is 18.2 Å². The minimum Gasteiger partial charge on any atom is -0.480 e. The summed E-state index contributed by atoms with van der Waals surface area (Å²) < 4.78 is 5.18. The van der Waals surface area contributed by atoms with E-state index in [9.17, 15) is 24.8 Å². The number of hydrogen-bond donors (Lipinski definition) is 2. The molecule has 1 aliphatic carbocycles. The monoisotopic (exact) mass is 322 g/mol. The number of amides is 1. The van der Waals surface area contributed by atoms with Gasteiger partial charge in [0, 0.05) is 6.07 Å². The van der Waals surface area contributed by atoms with Crippen molar-refractivity contribution in [1.82, 2.24) is 5.32 Å². The number of carboxylic acid groups (broad SMARTS) is 1. The van der Waals surface area contributed by atoms with Gasteiger partial charge in [0.15, 0.2) is 12.4 Å². The van der Waals surface area contributed by atoms with Crippen LogP contribution in [0.5, 0.6) is 5.75 Å². The Balaban J connectivity index is 2.00. The summed E-state index contributed by atoms with van der Waals surface area (Å²) in [6, 6.07) is 5.71. The topological polar surface area (TPSA) is 119 Å². The van der Waals surface area contributed by atoms with Gasteiger partial charge in [-0.25, -0.2) is 4.79 Å². The van der Waals surface area contributed by atoms with Gasteiger partial charge in [-0.2, -0.15) is 0 Å². The second kappa shape index (κ2) is 7.08. The Hall–Kier alpha value is -2.64. The highest BCUT2D eigenvalue weighted by molar-refractivity contribution is 5.87. The molecule has 0 aliphatic heterocycles. The van der Waals surface area contributed by atoms with Gasteiger partial charge in [0.25, 0.3) is 5.91 Å². The molecule has 0 aromatic heterocycles. The molecular weight excluding hydrogens is 304 g/mol. The third-order valence-electron chi connectivity index (χ3n) is 3.92. The van der Waals surface area contributed by atoms with E-state index in [1.807, 2.05) is 0 Å². The number of ether oxygens (including phenoxy) is 1. The van der Waals surface area contributed by atoms with Crippen molar-refractivity contribution >= 4 is 17.6 Å². The lowest BCUT2D eigenvalue weighted by atomic mass is 9.81. The Labute approximate surface area is 132 Å². The van der Waals surface area contributed by atoms with Crippen molar-refractivity contribution in [3.05, 3.63) is 34.4 Å². The fourth-order valence-corrected chi connectivity index (χ4v) is 2.72. The van der Waals surface area contributed by atoms with Gasteiger partial charge < -0.3 is 15.2 Å². The molecule has 2 N–H and O–H groups in total. The van der Waals surface area contributed by atoms with Crippen LogP contribution in [-0.4, -0.2) is 34.1 Å². The lowest BCUT2D eigenvalue weighted by Gasteiger charge is -2.33. The summed E-state index contributed by atoms with van der Waals surface area (Å²) >= 11 is 0. The van der Waals surface area contributed by atoms with Crippen molar-refractivity contribution in [2.45, 2.75) is 37.6 Å². The standard InChI is InChI=1S/C15H18N2O6/c18-13(16-15(14(19)20)8-4-1-5-9-15)10-23-12-7-3-2-6-11(12)17(21)22/h2-3,6-7H,1,4-5,8-10H2,(H,16,18)(H,19,20). The van der Waals surface area contributed by atoms with E-state index in [0.29, 0.717) is 12.8 Å². The minimum absolute atomic E-state index is 0.0272. The van der Waals surface area contributed by atoms with E-state index >= 15 is 0 Å². The molecule has 0 radical (unpaired) electrons. The second-order valence-electron chi connectivity index (χ2n) is 5.51. The molecule has 0 spiro atoms. The molecule has 8 nitrogen and oxygen atoms in total. The maximum atomic E-state index is 12.0. The lowest BCUT2D eigenvalue weighted by molar-refractivity contribution is -0.385. The number of aliphatic carboxylic acids is 1. The zero-order valence-corrected chi connectivity index (χ0v) is 12.5. The number of carbonyl (C=O) groups is 2. The highest BCUT2D eigenvalue weighted by atomic mass is 16.6. The first kappa shape index (κ1) is 16.7. The molecule has 1 aliphatic rings. The Morgan fingerprint density at radius 1 is 1.26 bits per heavy atom. The smallest absolute Gasteiger partial charge is 0.329 e. The number of nitro groups is 1. The number of nitrogens with one attached hydrogen (secondary N) is 1. The highest BCUT2D eigenvalue weighted by Gasteiger charge is 2.41. The van der Waals surface area contributed by atoms with Crippen LogP contribution in [-0.2, 0) is 9.59 Å². The zero-order chi connectivity index (χ0) is 16.9. The largest absolute Gasteiger partial charge is 0.480 e. The number of carboxylic acids is 1. The van der Waals surface area contributed by atoms with Crippen molar-refractivity contribution in [2.24, 2.45) is 0 Å². The number of carbonyl (C=O) groups excluding carboxylic acids is 1. The summed E-state index contributed by atoms with van der Waals surface area (Å²) in [5.41, 5.74) is -1.51. The third kappa shape index (κ3) is 3.97. The van der Waals surface area contributed by atoms with E-state index in [2.05, 4.69) is 5.32 Å². The summed E-state index contributed by atoms with van der Waals surface area (Å²) in [7, 11) is 0. The normalized spacial score (nSPS) is 16.3. The van der Waals surface area contributed by atoms with Crippen molar-refractivity contribution in [2.75, 3.05) is 6.61 Å². The average Bonchev–Trinajstić information content (AvgIpc) is 2.54. The van der Waals surface area contributed by atoms with Crippen molar-refractivity contribution < 1.29 is 24.4 Å². The van der Waals surface area contributed by atoms with E-state index in [0.717, 1.165) is 19.3 Å². The number of hydrogen-bond acceptors (Lipinski definition) is 5. The van der Waals surface area contributed by atoms with Gasteiger partial charge in [-0.15, -0.1) is 0 Å². The van der Waals surface area contributed by atoms with Gasteiger partial charge in [0.05, 0.1) is 4.92 Å². The zero-order valence-electron chi connectivity index (χ0n) is 12.5. The molecule has 0 atom stereocenters. The van der Waals surface area contributed by atoms with Crippen LogP contribution in [0.15, 0.2) is 24.3 Å². The van der Waals surface area contributed by atoms with Crippen molar-refractivity contribution in [3.63, 3.8) is 0 Å². The lowest BCUT2D eigenvalue weighted by Crippen LogP contribution is -2.56. The number of nitro benzene ring substituents is 1. The summed E-state index contributed by atoms with van der Waals surface area (Å²) in [6.45, 7) is -0.472. The van der Waals surface area contributed by atoms with Gasteiger partial charge in [0.2, 0.25) is 0 Å². The quantitative estimate of drug-likeness (QED) is 0.609. The fraction of sp³-hybridized carbons (Fsp3) is 0.467. The maximum Gasteiger partial charge on any atom is 0.329 e. The van der Waals surface area contributed by atoms with E-state index < -0.39 is 28.9 Å². The first-order chi connectivity index (χ1) is 10.9. The molecule has 0 saturated heterocycles. The van der Waals surface area contributed by atoms with Crippen LogP contribution >= 0.6 is 0 Å². The summed E-state index contributed by atoms with van der Waals surface area (Å²) in [4.78, 5) is 33.8. The molecule has 2 rings (SSSR count). The van der Waals surface area contributed by atoms with Crippen LogP contribution in [0, 0.1) is 10.1 Å². The van der Waals surface area contributed by atoms with Crippen molar-refractivity contribution in [3.8, 4) is 5.75 Å². The Morgan fingerprint density at radius 2 is 1.91 bits per heavy atom. The van der Waals surface area contributed by atoms with Crippen molar-refractivity contribution in [1.29, 1.82) is 0 Å². The summed E-state index contributed by atoms with van der Waals surface area (Å²) in [6.07, 6.45) is 3.16. The van der Waals surface area contributed by atoms with Crippen LogP contribution in [0.3, 0.4) is 0 Å². The first-order valence-corrected chi connectivity index (χ1v) is 7.35. The summed E-state index contributed by atoms with van der Waals surface area (Å²) in [5, 5.41) is 22.8. The number of benzene rings is 1. The van der Waals surface area contributed by atoms with E-state index in [-0.39, 0.29) is 11.4 Å². The third-order valence-corrected chi connectivity index (χ3v) is 3.92. The van der Waals surface area contributed by atoms with Crippen LogP contribution in [0.25, 0.3) is 0 Å². The van der Waals surface area contributed by atoms with Gasteiger partial charge in [-0.05, 0) is 18.9 Å².